The molecule has 0 atom stereocenters. The van der Waals surface area contributed by atoms with Gasteiger partial charge in [0.05, 0.1) is 18.4 Å². The Labute approximate surface area is 135 Å². The van der Waals surface area contributed by atoms with E-state index < -0.39 is 5.97 Å². The van der Waals surface area contributed by atoms with Gasteiger partial charge in [0.2, 0.25) is 0 Å². The smallest absolute Gasteiger partial charge is 0.337 e. The number of hydrogen-bond acceptors (Lipinski definition) is 4. The van der Waals surface area contributed by atoms with Gasteiger partial charge >= 0.3 is 5.97 Å². The molecule has 0 radical (unpaired) electrons. The highest BCUT2D eigenvalue weighted by atomic mass is 79.9. The minimum atomic E-state index is -0.441. The summed E-state index contributed by atoms with van der Waals surface area (Å²) in [6.07, 6.45) is 0. The molecule has 2 rings (SSSR count). The van der Waals surface area contributed by atoms with Crippen molar-refractivity contribution >= 4 is 39.2 Å². The van der Waals surface area contributed by atoms with Crippen molar-refractivity contribution in [3.05, 3.63) is 57.0 Å². The predicted molar refractivity (Wildman–Crippen MR) is 85.7 cm³/mol. The second-order valence-corrected chi connectivity index (χ2v) is 5.59. The molecule has 21 heavy (non-hydrogen) atoms. The monoisotopic (exact) mass is 369 g/mol. The summed E-state index contributed by atoms with van der Waals surface area (Å²) in [7, 11) is 1.32. The molecule has 2 N–H and O–H groups in total. The van der Waals surface area contributed by atoms with Crippen LogP contribution in [0.5, 0.6) is 5.75 Å². The SMILES string of the molecule is COC(=O)c1ccc(OCc2ccc(Br)cc2Cl)c(N)c1. The fourth-order valence-electron chi connectivity index (χ4n) is 1.72. The molecule has 0 fully saturated rings. The Morgan fingerprint density at radius 2 is 2.05 bits per heavy atom. The third kappa shape index (κ3) is 3.89. The summed E-state index contributed by atoms with van der Waals surface area (Å²) in [6.45, 7) is 0.286. The van der Waals surface area contributed by atoms with Crippen molar-refractivity contribution in [2.75, 3.05) is 12.8 Å². The fraction of sp³-hybridized carbons (Fsp3) is 0.133. The number of benzene rings is 2. The van der Waals surface area contributed by atoms with Gasteiger partial charge in [0.1, 0.15) is 12.4 Å². The van der Waals surface area contributed by atoms with Gasteiger partial charge in [0.15, 0.2) is 0 Å². The standard InChI is InChI=1S/C15H13BrClNO3/c1-20-15(19)9-3-5-14(13(18)6-9)21-8-10-2-4-11(16)7-12(10)17/h2-7H,8,18H2,1H3. The van der Waals surface area contributed by atoms with Gasteiger partial charge in [-0.1, -0.05) is 33.6 Å². The molecule has 2 aromatic carbocycles. The van der Waals surface area contributed by atoms with Gasteiger partial charge in [0, 0.05) is 15.1 Å². The van der Waals surface area contributed by atoms with Crippen LogP contribution in [0.15, 0.2) is 40.9 Å². The van der Waals surface area contributed by atoms with E-state index in [1.165, 1.54) is 13.2 Å². The number of nitrogen functional groups attached to an aromatic ring is 1. The Balaban J connectivity index is 2.11. The molecule has 0 aliphatic rings. The summed E-state index contributed by atoms with van der Waals surface area (Å²) in [6, 6.07) is 10.3. The maximum Gasteiger partial charge on any atom is 0.337 e. The number of carbonyl (C=O) groups is 1. The quantitative estimate of drug-likeness (QED) is 0.651. The van der Waals surface area contributed by atoms with Gasteiger partial charge in [-0.2, -0.15) is 0 Å². The Morgan fingerprint density at radius 3 is 2.67 bits per heavy atom. The molecular weight excluding hydrogens is 358 g/mol. The third-order valence-corrected chi connectivity index (χ3v) is 3.67. The van der Waals surface area contributed by atoms with Crippen LogP contribution in [0, 0.1) is 0 Å². The molecule has 0 heterocycles. The molecular formula is C15H13BrClNO3. The summed E-state index contributed by atoms with van der Waals surface area (Å²) in [5, 5.41) is 0.606. The maximum absolute atomic E-state index is 11.4. The number of esters is 1. The van der Waals surface area contributed by atoms with E-state index in [1.807, 2.05) is 12.1 Å². The van der Waals surface area contributed by atoms with Crippen LogP contribution in [0.2, 0.25) is 5.02 Å². The van der Waals surface area contributed by atoms with Crippen molar-refractivity contribution < 1.29 is 14.3 Å². The summed E-state index contributed by atoms with van der Waals surface area (Å²) < 4.78 is 11.2. The van der Waals surface area contributed by atoms with Crippen LogP contribution in [-0.2, 0) is 11.3 Å². The molecule has 0 amide bonds. The number of halogens is 2. The van der Waals surface area contributed by atoms with Gasteiger partial charge in [-0.15, -0.1) is 0 Å². The van der Waals surface area contributed by atoms with Crippen molar-refractivity contribution in [1.82, 2.24) is 0 Å². The molecule has 4 nitrogen and oxygen atoms in total. The lowest BCUT2D eigenvalue weighted by molar-refractivity contribution is 0.0600. The summed E-state index contributed by atoms with van der Waals surface area (Å²) in [4.78, 5) is 11.4. The topological polar surface area (TPSA) is 61.5 Å². The zero-order valence-corrected chi connectivity index (χ0v) is 13.6. The first kappa shape index (κ1) is 15.7. The molecule has 0 saturated carbocycles. The molecule has 0 spiro atoms. The van der Waals surface area contributed by atoms with Gasteiger partial charge in [-0.05, 0) is 30.3 Å². The minimum absolute atomic E-state index is 0.286. The summed E-state index contributed by atoms with van der Waals surface area (Å²) >= 11 is 9.46. The highest BCUT2D eigenvalue weighted by Crippen LogP contribution is 2.26. The van der Waals surface area contributed by atoms with Gasteiger partial charge in [-0.3, -0.25) is 0 Å². The Hall–Kier alpha value is -1.72. The fourth-order valence-corrected chi connectivity index (χ4v) is 2.45. The molecule has 0 saturated heterocycles. The number of rotatable bonds is 4. The molecule has 6 heteroatoms. The van der Waals surface area contributed by atoms with E-state index in [4.69, 9.17) is 22.1 Å². The lowest BCUT2D eigenvalue weighted by Gasteiger charge is -2.11. The third-order valence-electron chi connectivity index (χ3n) is 2.83. The average Bonchev–Trinajstić information content (AvgIpc) is 2.46. The predicted octanol–water partition coefficient (Wildman–Crippen LogP) is 4.05. The lowest BCUT2D eigenvalue weighted by atomic mass is 10.2. The second kappa shape index (κ2) is 6.83. The number of hydrogen-bond donors (Lipinski definition) is 1. The second-order valence-electron chi connectivity index (χ2n) is 4.27. The normalized spacial score (nSPS) is 10.2. The van der Waals surface area contributed by atoms with Crippen molar-refractivity contribution in [3.63, 3.8) is 0 Å². The first-order valence-electron chi connectivity index (χ1n) is 6.06. The van der Waals surface area contributed by atoms with E-state index in [0.717, 1.165) is 10.0 Å². The molecule has 0 aliphatic heterocycles. The van der Waals surface area contributed by atoms with Gasteiger partial charge < -0.3 is 15.2 Å². The van der Waals surface area contributed by atoms with Crippen LogP contribution in [0.1, 0.15) is 15.9 Å². The molecule has 110 valence electrons. The Morgan fingerprint density at radius 1 is 1.29 bits per heavy atom. The molecule has 0 unspecified atom stereocenters. The van der Waals surface area contributed by atoms with Crippen molar-refractivity contribution in [2.24, 2.45) is 0 Å². The molecule has 0 aliphatic carbocycles. The van der Waals surface area contributed by atoms with Gasteiger partial charge in [0.25, 0.3) is 0 Å². The first-order valence-corrected chi connectivity index (χ1v) is 7.23. The Kier molecular flexibility index (Phi) is 5.09. The van der Waals surface area contributed by atoms with Gasteiger partial charge in [-0.25, -0.2) is 4.79 Å². The van der Waals surface area contributed by atoms with E-state index >= 15 is 0 Å². The minimum Gasteiger partial charge on any atom is -0.487 e. The van der Waals surface area contributed by atoms with Crippen LogP contribution in [0.3, 0.4) is 0 Å². The van der Waals surface area contributed by atoms with Crippen LogP contribution in [0.25, 0.3) is 0 Å². The number of anilines is 1. The van der Waals surface area contributed by atoms with E-state index in [2.05, 4.69) is 20.7 Å². The number of carbonyl (C=O) groups excluding carboxylic acids is 1. The van der Waals surface area contributed by atoms with Crippen LogP contribution in [-0.4, -0.2) is 13.1 Å². The Bertz CT molecular complexity index is 676. The van der Waals surface area contributed by atoms with Crippen LogP contribution < -0.4 is 10.5 Å². The molecule has 2 aromatic rings. The van der Waals surface area contributed by atoms with E-state index in [-0.39, 0.29) is 6.61 Å². The average molecular weight is 371 g/mol. The van der Waals surface area contributed by atoms with Crippen LogP contribution >= 0.6 is 27.5 Å². The first-order chi connectivity index (χ1) is 10.0. The highest BCUT2D eigenvalue weighted by Gasteiger charge is 2.09. The van der Waals surface area contributed by atoms with E-state index in [1.54, 1.807) is 18.2 Å². The number of nitrogens with two attached hydrogens (primary N) is 1. The van der Waals surface area contributed by atoms with E-state index in [0.29, 0.717) is 22.0 Å². The number of ether oxygens (including phenoxy) is 2. The lowest BCUT2D eigenvalue weighted by Crippen LogP contribution is -2.04. The van der Waals surface area contributed by atoms with E-state index in [9.17, 15) is 4.79 Å². The molecule has 0 aromatic heterocycles. The van der Waals surface area contributed by atoms with Crippen molar-refractivity contribution in [2.45, 2.75) is 6.61 Å². The van der Waals surface area contributed by atoms with Crippen molar-refractivity contribution in [1.29, 1.82) is 0 Å². The maximum atomic E-state index is 11.4. The highest BCUT2D eigenvalue weighted by molar-refractivity contribution is 9.10. The summed E-state index contributed by atoms with van der Waals surface area (Å²) in [5.74, 6) is 0.0471. The molecule has 0 bridgehead atoms. The van der Waals surface area contributed by atoms with Crippen molar-refractivity contribution in [3.8, 4) is 5.75 Å². The zero-order valence-electron chi connectivity index (χ0n) is 11.2. The number of methoxy groups -OCH3 is 1. The summed E-state index contributed by atoms with van der Waals surface area (Å²) in [5.41, 5.74) is 7.46. The largest absolute Gasteiger partial charge is 0.487 e. The van der Waals surface area contributed by atoms with Crippen LogP contribution in [0.4, 0.5) is 5.69 Å². The zero-order chi connectivity index (χ0) is 15.4.